The third kappa shape index (κ3) is 3.14. The molecule has 106 valence electrons. The van der Waals surface area contributed by atoms with Crippen LogP contribution in [0.2, 0.25) is 5.02 Å². The number of nitrogens with one attached hydrogen (secondary N) is 1. The zero-order chi connectivity index (χ0) is 14.5. The Hall–Kier alpha value is -1.51. The first-order valence-corrected chi connectivity index (χ1v) is 7.17. The van der Waals surface area contributed by atoms with Gasteiger partial charge >= 0.3 is 0 Å². The van der Waals surface area contributed by atoms with Gasteiger partial charge < -0.3 is 10.1 Å². The van der Waals surface area contributed by atoms with Crippen molar-refractivity contribution in [2.45, 2.75) is 19.4 Å². The Morgan fingerprint density at radius 2 is 1.85 bits per heavy atom. The minimum Gasteiger partial charge on any atom is -0.497 e. The second kappa shape index (κ2) is 6.78. The maximum absolute atomic E-state index is 6.37. The van der Waals surface area contributed by atoms with Gasteiger partial charge in [0.2, 0.25) is 0 Å². The Balaban J connectivity index is 2.35. The van der Waals surface area contributed by atoms with Gasteiger partial charge in [0, 0.05) is 5.02 Å². The van der Waals surface area contributed by atoms with Gasteiger partial charge in [0.25, 0.3) is 0 Å². The van der Waals surface area contributed by atoms with Crippen LogP contribution in [0.15, 0.2) is 42.5 Å². The van der Waals surface area contributed by atoms with Crippen LogP contribution in [0.5, 0.6) is 5.75 Å². The van der Waals surface area contributed by atoms with E-state index in [2.05, 4.69) is 36.5 Å². The molecule has 3 heteroatoms. The van der Waals surface area contributed by atoms with E-state index in [1.807, 2.05) is 25.2 Å². The molecule has 0 aliphatic carbocycles. The van der Waals surface area contributed by atoms with Crippen molar-refractivity contribution in [3.63, 3.8) is 0 Å². The lowest BCUT2D eigenvalue weighted by Gasteiger charge is -2.19. The molecule has 0 bridgehead atoms. The maximum Gasteiger partial charge on any atom is 0.120 e. The lowest BCUT2D eigenvalue weighted by Crippen LogP contribution is -2.18. The molecule has 0 radical (unpaired) electrons. The molecule has 0 aromatic heterocycles. The fourth-order valence-corrected chi connectivity index (χ4v) is 2.60. The van der Waals surface area contributed by atoms with Crippen molar-refractivity contribution in [1.82, 2.24) is 5.32 Å². The Labute approximate surface area is 125 Å². The average Bonchev–Trinajstić information content (AvgIpc) is 2.50. The summed E-state index contributed by atoms with van der Waals surface area (Å²) in [6.45, 7) is 2.16. The molecular formula is C17H20ClNO. The van der Waals surface area contributed by atoms with Crippen LogP contribution in [-0.2, 0) is 6.42 Å². The standard InChI is InChI=1S/C17H20ClNO/c1-4-12-5-7-13(8-6-12)17(19-2)15-10-9-14(20-3)11-16(15)18/h5-11,17,19H,4H2,1-3H3. The molecule has 2 aromatic rings. The van der Waals surface area contributed by atoms with E-state index < -0.39 is 0 Å². The van der Waals surface area contributed by atoms with Crippen molar-refractivity contribution in [1.29, 1.82) is 0 Å². The SMILES string of the molecule is CCc1ccc(C(NC)c2ccc(OC)cc2Cl)cc1. The van der Waals surface area contributed by atoms with Crippen molar-refractivity contribution < 1.29 is 4.74 Å². The molecule has 2 rings (SSSR count). The van der Waals surface area contributed by atoms with Crippen molar-refractivity contribution in [2.24, 2.45) is 0 Å². The van der Waals surface area contributed by atoms with Gasteiger partial charge in [-0.15, -0.1) is 0 Å². The van der Waals surface area contributed by atoms with Crippen molar-refractivity contribution in [2.75, 3.05) is 14.2 Å². The number of halogens is 1. The predicted octanol–water partition coefficient (Wildman–Crippen LogP) is 4.22. The van der Waals surface area contributed by atoms with E-state index in [1.54, 1.807) is 7.11 Å². The van der Waals surface area contributed by atoms with Gasteiger partial charge in [-0.05, 0) is 42.3 Å². The lowest BCUT2D eigenvalue weighted by molar-refractivity contribution is 0.414. The van der Waals surface area contributed by atoms with Crippen LogP contribution in [-0.4, -0.2) is 14.2 Å². The van der Waals surface area contributed by atoms with Crippen molar-refractivity contribution in [3.8, 4) is 5.75 Å². The molecular weight excluding hydrogens is 270 g/mol. The highest BCUT2D eigenvalue weighted by atomic mass is 35.5. The molecule has 1 N–H and O–H groups in total. The zero-order valence-corrected chi connectivity index (χ0v) is 12.9. The normalized spacial score (nSPS) is 12.2. The molecule has 20 heavy (non-hydrogen) atoms. The summed E-state index contributed by atoms with van der Waals surface area (Å²) in [6, 6.07) is 14.5. The second-order valence-corrected chi connectivity index (χ2v) is 5.11. The Morgan fingerprint density at radius 3 is 2.35 bits per heavy atom. The summed E-state index contributed by atoms with van der Waals surface area (Å²) in [4.78, 5) is 0. The van der Waals surface area contributed by atoms with Gasteiger partial charge in [0.15, 0.2) is 0 Å². The highest BCUT2D eigenvalue weighted by molar-refractivity contribution is 6.31. The number of rotatable bonds is 5. The van der Waals surface area contributed by atoms with Gasteiger partial charge in [-0.1, -0.05) is 48.9 Å². The number of methoxy groups -OCH3 is 1. The fraction of sp³-hybridized carbons (Fsp3) is 0.294. The largest absolute Gasteiger partial charge is 0.497 e. The minimum atomic E-state index is 0.0827. The number of hydrogen-bond acceptors (Lipinski definition) is 2. The van der Waals surface area contributed by atoms with E-state index >= 15 is 0 Å². The van der Waals surface area contributed by atoms with Gasteiger partial charge in [-0.2, -0.15) is 0 Å². The van der Waals surface area contributed by atoms with E-state index in [1.165, 1.54) is 11.1 Å². The van der Waals surface area contributed by atoms with Gasteiger partial charge in [-0.25, -0.2) is 0 Å². The summed E-state index contributed by atoms with van der Waals surface area (Å²) in [5, 5.41) is 4.04. The summed E-state index contributed by atoms with van der Waals surface area (Å²) in [6.07, 6.45) is 1.05. The Bertz CT molecular complexity index is 566. The minimum absolute atomic E-state index is 0.0827. The van der Waals surface area contributed by atoms with Gasteiger partial charge in [0.1, 0.15) is 5.75 Å². The van der Waals surface area contributed by atoms with E-state index in [0.717, 1.165) is 17.7 Å². The highest BCUT2D eigenvalue weighted by Gasteiger charge is 2.15. The molecule has 2 aromatic carbocycles. The number of hydrogen-bond donors (Lipinski definition) is 1. The molecule has 0 fully saturated rings. The van der Waals surface area contributed by atoms with Crippen LogP contribution in [0.25, 0.3) is 0 Å². The van der Waals surface area contributed by atoms with E-state index in [-0.39, 0.29) is 6.04 Å². The first-order chi connectivity index (χ1) is 9.69. The Morgan fingerprint density at radius 1 is 1.15 bits per heavy atom. The predicted molar refractivity (Wildman–Crippen MR) is 84.7 cm³/mol. The third-order valence-electron chi connectivity index (χ3n) is 3.53. The topological polar surface area (TPSA) is 21.3 Å². The van der Waals surface area contributed by atoms with Crippen LogP contribution in [0.4, 0.5) is 0 Å². The Kier molecular flexibility index (Phi) is 5.05. The average molecular weight is 290 g/mol. The fourth-order valence-electron chi connectivity index (χ4n) is 2.32. The summed E-state index contributed by atoms with van der Waals surface area (Å²) < 4.78 is 5.19. The van der Waals surface area contributed by atoms with Crippen LogP contribution in [0.3, 0.4) is 0 Å². The second-order valence-electron chi connectivity index (χ2n) is 4.70. The third-order valence-corrected chi connectivity index (χ3v) is 3.86. The summed E-state index contributed by atoms with van der Waals surface area (Å²) >= 11 is 6.37. The number of ether oxygens (including phenoxy) is 1. The molecule has 0 amide bonds. The van der Waals surface area contributed by atoms with Crippen LogP contribution in [0, 0.1) is 0 Å². The van der Waals surface area contributed by atoms with Gasteiger partial charge in [0.05, 0.1) is 13.2 Å². The zero-order valence-electron chi connectivity index (χ0n) is 12.1. The van der Waals surface area contributed by atoms with Crippen LogP contribution < -0.4 is 10.1 Å². The molecule has 0 saturated carbocycles. The molecule has 0 saturated heterocycles. The van der Waals surface area contributed by atoms with Crippen molar-refractivity contribution in [3.05, 3.63) is 64.2 Å². The molecule has 0 spiro atoms. The first-order valence-electron chi connectivity index (χ1n) is 6.79. The monoisotopic (exact) mass is 289 g/mol. The van der Waals surface area contributed by atoms with Gasteiger partial charge in [-0.3, -0.25) is 0 Å². The summed E-state index contributed by atoms with van der Waals surface area (Å²) in [5.74, 6) is 0.773. The highest BCUT2D eigenvalue weighted by Crippen LogP contribution is 2.31. The number of aryl methyl sites for hydroxylation is 1. The van der Waals surface area contributed by atoms with Crippen molar-refractivity contribution >= 4 is 11.6 Å². The summed E-state index contributed by atoms with van der Waals surface area (Å²) in [7, 11) is 3.59. The van der Waals surface area contributed by atoms with Crippen LogP contribution in [0.1, 0.15) is 29.7 Å². The van der Waals surface area contributed by atoms with Crippen LogP contribution >= 0.6 is 11.6 Å². The van der Waals surface area contributed by atoms with E-state index in [9.17, 15) is 0 Å². The smallest absolute Gasteiger partial charge is 0.120 e. The van der Waals surface area contributed by atoms with E-state index in [4.69, 9.17) is 16.3 Å². The molecule has 1 atom stereocenters. The van der Waals surface area contributed by atoms with E-state index in [0.29, 0.717) is 5.02 Å². The molecule has 2 nitrogen and oxygen atoms in total. The molecule has 0 heterocycles. The quantitative estimate of drug-likeness (QED) is 0.890. The number of benzene rings is 2. The summed E-state index contributed by atoms with van der Waals surface area (Å²) in [5.41, 5.74) is 3.60. The molecule has 1 unspecified atom stereocenters. The molecule has 0 aliphatic heterocycles. The lowest BCUT2D eigenvalue weighted by atomic mass is 9.97. The molecule has 0 aliphatic rings. The maximum atomic E-state index is 6.37. The first kappa shape index (κ1) is 14.9.